The number of carbonyl (C=O) groups is 2. The molecule has 142 valence electrons. The molecule has 2 bridgehead atoms. The van der Waals surface area contributed by atoms with Gasteiger partial charge in [-0.1, -0.05) is 44.4 Å². The molecule has 2 aliphatic rings. The molecule has 1 aromatic carbocycles. The Hall–Kier alpha value is -1.88. The second-order valence-electron chi connectivity index (χ2n) is 7.73. The fraction of sp³-hybridized carbons (Fsp3) is 0.619. The molecule has 1 N–H and O–H groups in total. The van der Waals surface area contributed by atoms with Crippen LogP contribution >= 0.6 is 0 Å². The number of rotatable bonds is 7. The van der Waals surface area contributed by atoms with E-state index in [1.165, 1.54) is 0 Å². The molecule has 26 heavy (non-hydrogen) atoms. The van der Waals surface area contributed by atoms with Crippen LogP contribution in [-0.2, 0) is 9.53 Å². The Morgan fingerprint density at radius 1 is 1.27 bits per heavy atom. The molecule has 5 heteroatoms. The molecule has 0 aromatic heterocycles. The van der Waals surface area contributed by atoms with E-state index in [0.29, 0.717) is 18.0 Å². The van der Waals surface area contributed by atoms with Crippen LogP contribution in [0.25, 0.3) is 0 Å². The fourth-order valence-corrected chi connectivity index (χ4v) is 4.97. The second kappa shape index (κ2) is 7.78. The predicted molar refractivity (Wildman–Crippen MR) is 99.0 cm³/mol. The zero-order valence-electron chi connectivity index (χ0n) is 15.7. The van der Waals surface area contributed by atoms with Gasteiger partial charge in [0.05, 0.1) is 5.56 Å². The highest BCUT2D eigenvalue weighted by molar-refractivity contribution is 5.89. The number of carboxylic acid groups (broad SMARTS) is 1. The topological polar surface area (TPSA) is 66.8 Å². The molecule has 5 nitrogen and oxygen atoms in total. The largest absolute Gasteiger partial charge is 0.481 e. The third kappa shape index (κ3) is 3.37. The average molecular weight is 359 g/mol. The minimum absolute atomic E-state index is 0.292. The van der Waals surface area contributed by atoms with Crippen LogP contribution in [0, 0.1) is 5.92 Å². The van der Waals surface area contributed by atoms with Crippen LogP contribution in [0.3, 0.4) is 0 Å². The fourth-order valence-electron chi connectivity index (χ4n) is 4.97. The number of esters is 1. The highest BCUT2D eigenvalue weighted by atomic mass is 16.5. The van der Waals surface area contributed by atoms with Gasteiger partial charge in [0, 0.05) is 18.0 Å². The number of hydrogen-bond donors (Lipinski definition) is 1. The summed E-state index contributed by atoms with van der Waals surface area (Å²) in [5.74, 6) is -1.94. The maximum Gasteiger partial charge on any atom is 0.338 e. The molecular weight excluding hydrogens is 330 g/mol. The molecule has 0 amide bonds. The van der Waals surface area contributed by atoms with Crippen LogP contribution in [0.15, 0.2) is 30.3 Å². The van der Waals surface area contributed by atoms with E-state index >= 15 is 0 Å². The van der Waals surface area contributed by atoms with Gasteiger partial charge in [-0.15, -0.1) is 0 Å². The van der Waals surface area contributed by atoms with E-state index in [0.717, 1.165) is 38.5 Å². The highest BCUT2D eigenvalue weighted by Gasteiger charge is 2.59. The maximum atomic E-state index is 12.5. The summed E-state index contributed by atoms with van der Waals surface area (Å²) in [6.45, 7) is 2.15. The van der Waals surface area contributed by atoms with Crippen LogP contribution in [0.1, 0.15) is 62.2 Å². The van der Waals surface area contributed by atoms with E-state index in [1.54, 1.807) is 24.3 Å². The first-order valence-corrected chi connectivity index (χ1v) is 9.71. The lowest BCUT2D eigenvalue weighted by Crippen LogP contribution is -2.62. The summed E-state index contributed by atoms with van der Waals surface area (Å²) >= 11 is 0. The van der Waals surface area contributed by atoms with Gasteiger partial charge in [0.1, 0.15) is 12.0 Å². The van der Waals surface area contributed by atoms with Gasteiger partial charge >= 0.3 is 11.9 Å². The number of ether oxygens (including phenoxy) is 1. The van der Waals surface area contributed by atoms with E-state index in [9.17, 15) is 14.7 Å². The van der Waals surface area contributed by atoms with Crippen LogP contribution in [0.5, 0.6) is 0 Å². The average Bonchev–Trinajstić information content (AvgIpc) is 2.83. The quantitative estimate of drug-likeness (QED) is 0.593. The number of unbranched alkanes of at least 4 members (excludes halogenated alkanes) is 2. The smallest absolute Gasteiger partial charge is 0.338 e. The molecule has 3 rings (SSSR count). The van der Waals surface area contributed by atoms with Crippen molar-refractivity contribution < 1.29 is 19.4 Å². The number of hydrogen-bond acceptors (Lipinski definition) is 4. The monoisotopic (exact) mass is 359 g/mol. The number of piperidine rings is 1. The summed E-state index contributed by atoms with van der Waals surface area (Å²) in [6, 6.07) is 9.12. The van der Waals surface area contributed by atoms with E-state index in [1.807, 2.05) is 6.07 Å². The summed E-state index contributed by atoms with van der Waals surface area (Å²) < 4.78 is 5.77. The Morgan fingerprint density at radius 3 is 2.65 bits per heavy atom. The lowest BCUT2D eigenvalue weighted by atomic mass is 9.73. The van der Waals surface area contributed by atoms with Crippen molar-refractivity contribution in [2.45, 2.75) is 69.6 Å². The third-order valence-electron chi connectivity index (χ3n) is 6.36. The Kier molecular flexibility index (Phi) is 5.66. The summed E-state index contributed by atoms with van der Waals surface area (Å²) in [6.07, 6.45) is 5.95. The molecular formula is C21H29NO4. The predicted octanol–water partition coefficient (Wildman–Crippen LogP) is 3.73. The minimum atomic E-state index is -0.848. The molecule has 0 spiro atoms. The van der Waals surface area contributed by atoms with Crippen molar-refractivity contribution in [3.8, 4) is 0 Å². The van der Waals surface area contributed by atoms with E-state index in [4.69, 9.17) is 4.74 Å². The molecule has 0 saturated carbocycles. The van der Waals surface area contributed by atoms with Gasteiger partial charge in [-0.2, -0.15) is 0 Å². The zero-order valence-corrected chi connectivity index (χ0v) is 15.7. The van der Waals surface area contributed by atoms with E-state index < -0.39 is 29.5 Å². The lowest BCUT2D eigenvalue weighted by Gasteiger charge is -2.49. The normalized spacial score (nSPS) is 30.9. The molecule has 4 atom stereocenters. The van der Waals surface area contributed by atoms with Crippen molar-refractivity contribution in [3.63, 3.8) is 0 Å². The Morgan fingerprint density at radius 2 is 2.00 bits per heavy atom. The zero-order chi connectivity index (χ0) is 18.7. The minimum Gasteiger partial charge on any atom is -0.481 e. The molecule has 2 aliphatic heterocycles. The van der Waals surface area contributed by atoms with Crippen LogP contribution in [0.4, 0.5) is 0 Å². The second-order valence-corrected chi connectivity index (χ2v) is 7.73. The molecule has 2 heterocycles. The van der Waals surface area contributed by atoms with Gasteiger partial charge in [0.2, 0.25) is 0 Å². The number of nitrogens with zero attached hydrogens (tertiary/aromatic N) is 1. The van der Waals surface area contributed by atoms with Crippen LogP contribution in [-0.4, -0.2) is 46.7 Å². The first-order chi connectivity index (χ1) is 12.5. The SMILES string of the molecule is CCCCCC12CCC(CC(OC(=O)c3ccccc3)C1C(=O)O)N2C. The first kappa shape index (κ1) is 18.9. The highest BCUT2D eigenvalue weighted by Crippen LogP contribution is 2.50. The van der Waals surface area contributed by atoms with E-state index in [-0.39, 0.29) is 0 Å². The number of aliphatic carboxylic acids is 1. The van der Waals surface area contributed by atoms with Crippen LogP contribution in [0.2, 0.25) is 0 Å². The van der Waals surface area contributed by atoms with Crippen molar-refractivity contribution in [2.75, 3.05) is 7.05 Å². The van der Waals surface area contributed by atoms with Gasteiger partial charge in [0.15, 0.2) is 0 Å². The Labute approximate surface area is 155 Å². The number of benzene rings is 1. The standard InChI is InChI=1S/C21H29NO4/c1-3-4-8-12-21-13-11-16(22(21)2)14-17(18(21)19(23)24)26-20(25)15-9-6-5-7-10-15/h5-7,9-10,16-18H,3-4,8,11-14H2,1-2H3,(H,23,24). The summed E-state index contributed by atoms with van der Waals surface area (Å²) in [4.78, 5) is 27.0. The van der Waals surface area contributed by atoms with Gasteiger partial charge in [0.25, 0.3) is 0 Å². The van der Waals surface area contributed by atoms with Crippen molar-refractivity contribution in [3.05, 3.63) is 35.9 Å². The van der Waals surface area contributed by atoms with Crippen LogP contribution < -0.4 is 0 Å². The molecule has 2 fully saturated rings. The van der Waals surface area contributed by atoms with E-state index in [2.05, 4.69) is 18.9 Å². The molecule has 2 saturated heterocycles. The van der Waals surface area contributed by atoms with Crippen molar-refractivity contribution in [1.82, 2.24) is 4.90 Å². The maximum absolute atomic E-state index is 12.5. The van der Waals surface area contributed by atoms with Crippen molar-refractivity contribution >= 4 is 11.9 Å². The number of carbonyl (C=O) groups excluding carboxylic acids is 1. The van der Waals surface area contributed by atoms with Gasteiger partial charge in [-0.05, 0) is 38.4 Å². The summed E-state index contributed by atoms with van der Waals surface area (Å²) in [5.41, 5.74) is 0.0777. The molecule has 1 aromatic rings. The van der Waals surface area contributed by atoms with Gasteiger partial charge in [-0.25, -0.2) is 4.79 Å². The number of fused-ring (bicyclic) bond motifs is 2. The van der Waals surface area contributed by atoms with Gasteiger partial charge in [-0.3, -0.25) is 9.69 Å². The van der Waals surface area contributed by atoms with Crippen molar-refractivity contribution in [2.24, 2.45) is 5.92 Å². The third-order valence-corrected chi connectivity index (χ3v) is 6.36. The summed E-state index contributed by atoms with van der Waals surface area (Å²) in [5, 5.41) is 10.0. The Bertz CT molecular complexity index is 647. The molecule has 4 unspecified atom stereocenters. The van der Waals surface area contributed by atoms with Gasteiger partial charge < -0.3 is 9.84 Å². The van der Waals surface area contributed by atoms with Crippen molar-refractivity contribution in [1.29, 1.82) is 0 Å². The lowest BCUT2D eigenvalue weighted by molar-refractivity contribution is -0.160. The summed E-state index contributed by atoms with van der Waals surface area (Å²) in [7, 11) is 2.05. The first-order valence-electron chi connectivity index (χ1n) is 9.71. The number of carboxylic acids is 1. The Balaban J connectivity index is 1.84. The molecule has 0 aliphatic carbocycles. The molecule has 0 radical (unpaired) electrons.